The van der Waals surface area contributed by atoms with E-state index in [4.69, 9.17) is 11.6 Å². The third kappa shape index (κ3) is 3.62. The minimum Gasteiger partial charge on any atom is -0.502 e. The van der Waals surface area contributed by atoms with Gasteiger partial charge in [0.1, 0.15) is 17.5 Å². The number of carbonyl (C=O) groups excluding carboxylic acids is 2. The summed E-state index contributed by atoms with van der Waals surface area (Å²) in [5.41, 5.74) is -1.33. The molecule has 0 unspecified atom stereocenters. The molecule has 2 N–H and O–H groups in total. The van der Waals surface area contributed by atoms with Gasteiger partial charge < -0.3 is 15.3 Å². The first-order chi connectivity index (χ1) is 15.2. The van der Waals surface area contributed by atoms with E-state index in [2.05, 4.69) is 11.9 Å². The SMILES string of the molecule is C=C[C@H]1CC[C@H]2N(C)C(=O)c3c(O)c(=O)c(C(=O)NCc4ccc(Cl)cc4F)cn3N2C1. The Labute approximate surface area is 188 Å². The zero-order valence-electron chi connectivity index (χ0n) is 17.3. The number of hydrogen-bond acceptors (Lipinski definition) is 5. The first kappa shape index (κ1) is 21.9. The number of nitrogens with zero attached hydrogens (tertiary/aromatic N) is 3. The fraction of sp³-hybridized carbons (Fsp3) is 0.318. The predicted molar refractivity (Wildman–Crippen MR) is 117 cm³/mol. The third-order valence-corrected chi connectivity index (χ3v) is 6.24. The van der Waals surface area contributed by atoms with Gasteiger partial charge in [0.25, 0.3) is 11.8 Å². The largest absolute Gasteiger partial charge is 0.502 e. The lowest BCUT2D eigenvalue weighted by atomic mass is 9.96. The molecule has 0 aliphatic carbocycles. The quantitative estimate of drug-likeness (QED) is 0.682. The molecule has 4 rings (SSSR count). The van der Waals surface area contributed by atoms with Crippen LogP contribution < -0.4 is 15.8 Å². The topological polar surface area (TPSA) is 94.9 Å². The second-order valence-corrected chi connectivity index (χ2v) is 8.36. The number of carbonyl (C=O) groups is 2. The fourth-order valence-electron chi connectivity index (χ4n) is 4.17. The summed E-state index contributed by atoms with van der Waals surface area (Å²) in [4.78, 5) is 39.8. The molecule has 8 nitrogen and oxygen atoms in total. The average molecular weight is 461 g/mol. The zero-order valence-corrected chi connectivity index (χ0v) is 18.1. The molecule has 2 amide bonds. The van der Waals surface area contributed by atoms with Crippen LogP contribution in [-0.4, -0.2) is 46.3 Å². The number of nitrogens with one attached hydrogen (secondary N) is 1. The number of rotatable bonds is 4. The van der Waals surface area contributed by atoms with Crippen molar-refractivity contribution in [2.45, 2.75) is 25.6 Å². The van der Waals surface area contributed by atoms with Crippen molar-refractivity contribution in [2.75, 3.05) is 18.6 Å². The Morgan fingerprint density at radius 3 is 2.81 bits per heavy atom. The van der Waals surface area contributed by atoms with E-state index >= 15 is 0 Å². The molecule has 2 aliphatic rings. The molecule has 3 heterocycles. The van der Waals surface area contributed by atoms with Crippen molar-refractivity contribution in [3.63, 3.8) is 0 Å². The van der Waals surface area contributed by atoms with Gasteiger partial charge in [0, 0.05) is 36.9 Å². The number of piperidine rings is 1. The van der Waals surface area contributed by atoms with Crippen LogP contribution in [0.25, 0.3) is 0 Å². The first-order valence-electron chi connectivity index (χ1n) is 10.1. The minimum absolute atomic E-state index is 0.146. The standard InChI is InChI=1S/C22H22ClFN4O4/c1-3-12-4-7-17-26(2)22(32)18-20(30)19(29)15(11-28(18)27(17)10-12)21(31)25-9-13-5-6-14(23)8-16(13)24/h3,5-6,8,11-12,17,30H,1,4,7,9-10H2,2H3,(H,25,31)/t12-,17-/m0/s1. The van der Waals surface area contributed by atoms with Crippen molar-refractivity contribution < 1.29 is 19.1 Å². The van der Waals surface area contributed by atoms with Crippen LogP contribution in [-0.2, 0) is 6.54 Å². The molecule has 2 aliphatic heterocycles. The van der Waals surface area contributed by atoms with E-state index in [0.29, 0.717) is 13.0 Å². The number of fused-ring (bicyclic) bond motifs is 3. The Balaban J connectivity index is 1.70. The second-order valence-electron chi connectivity index (χ2n) is 7.92. The minimum atomic E-state index is -0.970. The molecule has 1 aromatic heterocycles. The Kier molecular flexibility index (Phi) is 5.68. The van der Waals surface area contributed by atoms with Crippen LogP contribution in [0.4, 0.5) is 4.39 Å². The highest BCUT2D eigenvalue weighted by Gasteiger charge is 2.41. The number of aromatic nitrogens is 1. The maximum absolute atomic E-state index is 14.0. The number of benzene rings is 1. The van der Waals surface area contributed by atoms with Gasteiger partial charge in [-0.2, -0.15) is 0 Å². The molecule has 32 heavy (non-hydrogen) atoms. The lowest BCUT2D eigenvalue weighted by Gasteiger charge is -2.49. The van der Waals surface area contributed by atoms with Crippen LogP contribution in [0, 0.1) is 11.7 Å². The van der Waals surface area contributed by atoms with Crippen LogP contribution in [0.15, 0.2) is 41.8 Å². The summed E-state index contributed by atoms with van der Waals surface area (Å²) in [6, 6.07) is 4.04. The number of hydrogen-bond donors (Lipinski definition) is 2. The second kappa shape index (κ2) is 8.31. The van der Waals surface area contributed by atoms with E-state index in [-0.39, 0.29) is 40.5 Å². The smallest absolute Gasteiger partial charge is 0.277 e. The monoisotopic (exact) mass is 460 g/mol. The third-order valence-electron chi connectivity index (χ3n) is 6.00. The molecule has 168 valence electrons. The highest BCUT2D eigenvalue weighted by atomic mass is 35.5. The van der Waals surface area contributed by atoms with Crippen LogP contribution in [0.5, 0.6) is 5.75 Å². The van der Waals surface area contributed by atoms with Gasteiger partial charge in [-0.1, -0.05) is 23.7 Å². The van der Waals surface area contributed by atoms with Crippen molar-refractivity contribution in [3.05, 3.63) is 74.9 Å². The number of amides is 2. The summed E-state index contributed by atoms with van der Waals surface area (Å²) in [5.74, 6) is -2.55. The maximum Gasteiger partial charge on any atom is 0.277 e. The number of aromatic hydroxyl groups is 1. The van der Waals surface area contributed by atoms with Crippen molar-refractivity contribution in [1.82, 2.24) is 14.9 Å². The maximum atomic E-state index is 14.0. The number of halogens is 2. The predicted octanol–water partition coefficient (Wildman–Crippen LogP) is 2.22. The van der Waals surface area contributed by atoms with Crippen molar-refractivity contribution in [2.24, 2.45) is 5.92 Å². The van der Waals surface area contributed by atoms with E-state index in [1.54, 1.807) is 7.05 Å². The highest BCUT2D eigenvalue weighted by molar-refractivity contribution is 6.30. The summed E-state index contributed by atoms with van der Waals surface area (Å²) >= 11 is 5.74. The molecule has 0 saturated carbocycles. The average Bonchev–Trinajstić information content (AvgIpc) is 2.78. The summed E-state index contributed by atoms with van der Waals surface area (Å²) in [7, 11) is 1.61. The Morgan fingerprint density at radius 2 is 2.12 bits per heavy atom. The van der Waals surface area contributed by atoms with E-state index in [0.717, 1.165) is 12.5 Å². The fourth-order valence-corrected chi connectivity index (χ4v) is 4.33. The van der Waals surface area contributed by atoms with Crippen LogP contribution in [0.2, 0.25) is 5.02 Å². The van der Waals surface area contributed by atoms with Crippen LogP contribution >= 0.6 is 11.6 Å². The highest BCUT2D eigenvalue weighted by Crippen LogP contribution is 2.31. The molecule has 10 heteroatoms. The Bertz CT molecular complexity index is 1180. The van der Waals surface area contributed by atoms with Crippen molar-refractivity contribution >= 4 is 23.4 Å². The molecule has 1 fully saturated rings. The first-order valence-corrected chi connectivity index (χ1v) is 10.5. The van der Waals surface area contributed by atoms with Gasteiger partial charge in [-0.15, -0.1) is 6.58 Å². The van der Waals surface area contributed by atoms with Gasteiger partial charge in [-0.3, -0.25) is 24.1 Å². The van der Waals surface area contributed by atoms with Gasteiger partial charge in [-0.05, 0) is 30.9 Å². The van der Waals surface area contributed by atoms with E-state index < -0.39 is 28.8 Å². The van der Waals surface area contributed by atoms with E-state index in [1.165, 1.54) is 27.9 Å². The summed E-state index contributed by atoms with van der Waals surface area (Å²) in [6.07, 6.45) is 4.30. The van der Waals surface area contributed by atoms with E-state index in [9.17, 15) is 23.9 Å². The van der Waals surface area contributed by atoms with Crippen molar-refractivity contribution in [1.29, 1.82) is 0 Å². The Hall–Kier alpha value is -3.33. The summed E-state index contributed by atoms with van der Waals surface area (Å²) in [5, 5.41) is 15.1. The normalized spacial score (nSPS) is 19.9. The Morgan fingerprint density at radius 1 is 1.38 bits per heavy atom. The molecule has 0 spiro atoms. The lowest BCUT2D eigenvalue weighted by molar-refractivity contribution is 0.0574. The van der Waals surface area contributed by atoms with Crippen LogP contribution in [0.3, 0.4) is 0 Å². The molecular formula is C22H22ClFN4O4. The van der Waals surface area contributed by atoms with Gasteiger partial charge in [0.2, 0.25) is 5.43 Å². The summed E-state index contributed by atoms with van der Waals surface area (Å²) < 4.78 is 15.4. The van der Waals surface area contributed by atoms with Crippen LogP contribution in [0.1, 0.15) is 39.3 Å². The van der Waals surface area contributed by atoms with Gasteiger partial charge >= 0.3 is 0 Å². The van der Waals surface area contributed by atoms with Gasteiger partial charge in [-0.25, -0.2) is 4.39 Å². The summed E-state index contributed by atoms with van der Waals surface area (Å²) in [6.45, 7) is 4.15. The van der Waals surface area contributed by atoms with Gasteiger partial charge in [0.15, 0.2) is 11.4 Å². The van der Waals surface area contributed by atoms with E-state index in [1.807, 2.05) is 11.1 Å². The lowest BCUT2D eigenvalue weighted by Crippen LogP contribution is -2.63. The molecular weight excluding hydrogens is 439 g/mol. The molecule has 2 aromatic rings. The van der Waals surface area contributed by atoms with Crippen molar-refractivity contribution in [3.8, 4) is 5.75 Å². The molecule has 1 saturated heterocycles. The number of pyridine rings is 1. The zero-order chi connectivity index (χ0) is 23.2. The molecule has 2 atom stereocenters. The molecule has 0 radical (unpaired) electrons. The molecule has 1 aromatic carbocycles. The van der Waals surface area contributed by atoms with Gasteiger partial charge in [0.05, 0.1) is 0 Å². The molecule has 0 bridgehead atoms.